The summed E-state index contributed by atoms with van der Waals surface area (Å²) in [6.45, 7) is 4.40. The quantitative estimate of drug-likeness (QED) is 0.919. The molecule has 2 aromatic heterocycles. The highest BCUT2D eigenvalue weighted by atomic mass is 32.1. The van der Waals surface area contributed by atoms with Crippen LogP contribution in [0.2, 0.25) is 0 Å². The number of carbonyl (C=O) groups excluding carboxylic acids is 1. The molecule has 0 aliphatic carbocycles. The van der Waals surface area contributed by atoms with Crippen LogP contribution >= 0.6 is 11.3 Å². The van der Waals surface area contributed by atoms with E-state index in [4.69, 9.17) is 0 Å². The average molecular weight is 261 g/mol. The van der Waals surface area contributed by atoms with Gasteiger partial charge in [-0.1, -0.05) is 13.0 Å². The second-order valence-electron chi connectivity index (χ2n) is 3.92. The summed E-state index contributed by atoms with van der Waals surface area (Å²) < 4.78 is 0. The van der Waals surface area contributed by atoms with Gasteiger partial charge in [-0.2, -0.15) is 0 Å². The number of rotatable bonds is 4. The maximum absolute atomic E-state index is 11.9. The molecule has 0 saturated carbocycles. The molecule has 1 amide bonds. The van der Waals surface area contributed by atoms with Crippen molar-refractivity contribution in [3.8, 4) is 0 Å². The highest BCUT2D eigenvalue weighted by Crippen LogP contribution is 2.13. The maximum atomic E-state index is 11.9. The molecule has 5 heteroatoms. The first kappa shape index (κ1) is 12.7. The van der Waals surface area contributed by atoms with Gasteiger partial charge in [0.25, 0.3) is 5.91 Å². The van der Waals surface area contributed by atoms with Gasteiger partial charge in [0.2, 0.25) is 0 Å². The molecule has 0 atom stereocenters. The van der Waals surface area contributed by atoms with Crippen LogP contribution < -0.4 is 5.32 Å². The zero-order valence-electron chi connectivity index (χ0n) is 10.4. The lowest BCUT2D eigenvalue weighted by Crippen LogP contribution is -2.22. The summed E-state index contributed by atoms with van der Waals surface area (Å²) in [7, 11) is 0. The van der Waals surface area contributed by atoms with Gasteiger partial charge in [0.1, 0.15) is 4.88 Å². The smallest absolute Gasteiger partial charge is 0.263 e. The molecule has 0 unspecified atom stereocenters. The van der Waals surface area contributed by atoms with Gasteiger partial charge in [0, 0.05) is 5.69 Å². The Hall–Kier alpha value is -1.75. The lowest BCUT2D eigenvalue weighted by atomic mass is 10.3. The Morgan fingerprint density at radius 3 is 2.94 bits per heavy atom. The molecular formula is C13H15N3OS. The molecule has 2 heterocycles. The average Bonchev–Trinajstić information content (AvgIpc) is 2.85. The predicted molar refractivity (Wildman–Crippen MR) is 71.6 cm³/mol. The van der Waals surface area contributed by atoms with E-state index < -0.39 is 0 Å². The van der Waals surface area contributed by atoms with Crippen LogP contribution in [-0.2, 0) is 13.0 Å². The third-order valence-corrected chi connectivity index (χ3v) is 3.60. The standard InChI is InChI=1S/C13H15N3OS/c1-3-12-14-8-11(18-12)13(17)15-7-10-6-4-5-9(2)16-10/h4-6,8H,3,7H2,1-2H3,(H,15,17). The van der Waals surface area contributed by atoms with Crippen LogP contribution in [0.1, 0.15) is 33.0 Å². The van der Waals surface area contributed by atoms with Gasteiger partial charge in [0.05, 0.1) is 23.4 Å². The summed E-state index contributed by atoms with van der Waals surface area (Å²) in [5.74, 6) is -0.0875. The van der Waals surface area contributed by atoms with Gasteiger partial charge < -0.3 is 5.32 Å². The van der Waals surface area contributed by atoms with Crippen molar-refractivity contribution in [2.45, 2.75) is 26.8 Å². The van der Waals surface area contributed by atoms with Crippen LogP contribution in [0.5, 0.6) is 0 Å². The second kappa shape index (κ2) is 5.73. The van der Waals surface area contributed by atoms with Gasteiger partial charge in [0.15, 0.2) is 0 Å². The summed E-state index contributed by atoms with van der Waals surface area (Å²) in [6.07, 6.45) is 2.49. The van der Waals surface area contributed by atoms with Crippen LogP contribution in [0.3, 0.4) is 0 Å². The highest BCUT2D eigenvalue weighted by molar-refractivity contribution is 7.13. The molecule has 0 bridgehead atoms. The molecule has 1 N–H and O–H groups in total. The molecule has 4 nitrogen and oxygen atoms in total. The second-order valence-corrected chi connectivity index (χ2v) is 5.04. The molecule has 0 fully saturated rings. The van der Waals surface area contributed by atoms with E-state index >= 15 is 0 Å². The third-order valence-electron chi connectivity index (χ3n) is 2.46. The van der Waals surface area contributed by atoms with Crippen LogP contribution in [-0.4, -0.2) is 15.9 Å². The molecular weight excluding hydrogens is 246 g/mol. The minimum atomic E-state index is -0.0875. The van der Waals surface area contributed by atoms with Gasteiger partial charge >= 0.3 is 0 Å². The molecule has 0 radical (unpaired) electrons. The first-order chi connectivity index (χ1) is 8.69. The number of aryl methyl sites for hydroxylation is 2. The van der Waals surface area contributed by atoms with Crippen molar-refractivity contribution in [2.24, 2.45) is 0 Å². The first-order valence-corrected chi connectivity index (χ1v) is 6.66. The number of aromatic nitrogens is 2. The Balaban J connectivity index is 1.96. The predicted octanol–water partition coefficient (Wildman–Crippen LogP) is 2.34. The topological polar surface area (TPSA) is 54.9 Å². The molecule has 94 valence electrons. The summed E-state index contributed by atoms with van der Waals surface area (Å²) in [6, 6.07) is 5.77. The van der Waals surface area contributed by atoms with Crippen LogP contribution in [0.4, 0.5) is 0 Å². The minimum Gasteiger partial charge on any atom is -0.346 e. The fourth-order valence-corrected chi connectivity index (χ4v) is 2.31. The number of pyridine rings is 1. The van der Waals surface area contributed by atoms with Gasteiger partial charge in [-0.05, 0) is 25.5 Å². The zero-order chi connectivity index (χ0) is 13.0. The van der Waals surface area contributed by atoms with Gasteiger partial charge in [-0.25, -0.2) is 4.98 Å². The monoisotopic (exact) mass is 261 g/mol. The van der Waals surface area contributed by atoms with E-state index in [9.17, 15) is 4.79 Å². The molecule has 18 heavy (non-hydrogen) atoms. The molecule has 2 aromatic rings. The fraction of sp³-hybridized carbons (Fsp3) is 0.308. The Morgan fingerprint density at radius 2 is 2.28 bits per heavy atom. The van der Waals surface area contributed by atoms with Crippen molar-refractivity contribution in [1.82, 2.24) is 15.3 Å². The number of nitrogens with one attached hydrogen (secondary N) is 1. The van der Waals surface area contributed by atoms with Crippen molar-refractivity contribution in [2.75, 3.05) is 0 Å². The van der Waals surface area contributed by atoms with E-state index in [1.807, 2.05) is 32.0 Å². The van der Waals surface area contributed by atoms with E-state index in [0.717, 1.165) is 22.8 Å². The number of amides is 1. The molecule has 2 rings (SSSR count). The van der Waals surface area contributed by atoms with Gasteiger partial charge in [-0.3, -0.25) is 9.78 Å². The van der Waals surface area contributed by atoms with Crippen molar-refractivity contribution in [3.05, 3.63) is 45.7 Å². The number of nitrogens with zero attached hydrogens (tertiary/aromatic N) is 2. The number of hydrogen-bond donors (Lipinski definition) is 1. The third kappa shape index (κ3) is 3.13. The molecule has 0 spiro atoms. The minimum absolute atomic E-state index is 0.0875. The number of thiazole rings is 1. The lowest BCUT2D eigenvalue weighted by Gasteiger charge is -2.03. The van der Waals surface area contributed by atoms with Crippen molar-refractivity contribution >= 4 is 17.2 Å². The normalized spacial score (nSPS) is 10.3. The van der Waals surface area contributed by atoms with Crippen molar-refractivity contribution in [1.29, 1.82) is 0 Å². The van der Waals surface area contributed by atoms with Crippen LogP contribution in [0.15, 0.2) is 24.4 Å². The Morgan fingerprint density at radius 1 is 1.44 bits per heavy atom. The zero-order valence-corrected chi connectivity index (χ0v) is 11.3. The molecule has 0 aromatic carbocycles. The Bertz CT molecular complexity index is 551. The van der Waals surface area contributed by atoms with Gasteiger partial charge in [-0.15, -0.1) is 11.3 Å². The number of carbonyl (C=O) groups is 1. The van der Waals surface area contributed by atoms with Crippen molar-refractivity contribution < 1.29 is 4.79 Å². The van der Waals surface area contributed by atoms with Crippen LogP contribution in [0.25, 0.3) is 0 Å². The Kier molecular flexibility index (Phi) is 4.04. The van der Waals surface area contributed by atoms with E-state index in [1.165, 1.54) is 11.3 Å². The fourth-order valence-electron chi connectivity index (χ4n) is 1.53. The highest BCUT2D eigenvalue weighted by Gasteiger charge is 2.09. The Labute approximate surface area is 110 Å². The molecule has 0 aliphatic heterocycles. The van der Waals surface area contributed by atoms with E-state index in [2.05, 4.69) is 15.3 Å². The summed E-state index contributed by atoms with van der Waals surface area (Å²) in [5, 5.41) is 3.83. The maximum Gasteiger partial charge on any atom is 0.263 e. The summed E-state index contributed by atoms with van der Waals surface area (Å²) in [5.41, 5.74) is 1.82. The summed E-state index contributed by atoms with van der Waals surface area (Å²) >= 11 is 1.44. The van der Waals surface area contributed by atoms with Crippen LogP contribution in [0, 0.1) is 6.92 Å². The lowest BCUT2D eigenvalue weighted by molar-refractivity contribution is 0.0954. The largest absolute Gasteiger partial charge is 0.346 e. The summed E-state index contributed by atoms with van der Waals surface area (Å²) in [4.78, 5) is 21.0. The molecule has 0 saturated heterocycles. The SMILES string of the molecule is CCc1ncc(C(=O)NCc2cccc(C)n2)s1. The van der Waals surface area contributed by atoms with E-state index in [1.54, 1.807) is 6.20 Å². The first-order valence-electron chi connectivity index (χ1n) is 5.84. The molecule has 0 aliphatic rings. The van der Waals surface area contributed by atoms with Crippen molar-refractivity contribution in [3.63, 3.8) is 0 Å². The van der Waals surface area contributed by atoms with E-state index in [0.29, 0.717) is 11.4 Å². The van der Waals surface area contributed by atoms with E-state index in [-0.39, 0.29) is 5.91 Å². The number of hydrogen-bond acceptors (Lipinski definition) is 4.